The molecule has 0 saturated carbocycles. The number of hydrogen-bond donors (Lipinski definition) is 1. The molecule has 1 aromatic heterocycles. The van der Waals surface area contributed by atoms with Crippen molar-refractivity contribution in [2.75, 3.05) is 24.5 Å². The highest BCUT2D eigenvalue weighted by molar-refractivity contribution is 6.00. The normalized spacial score (nSPS) is 21.1. The summed E-state index contributed by atoms with van der Waals surface area (Å²) in [4.78, 5) is 35.9. The molecule has 1 atom stereocenters. The van der Waals surface area contributed by atoms with Gasteiger partial charge in [-0.05, 0) is 30.9 Å². The van der Waals surface area contributed by atoms with E-state index in [9.17, 15) is 14.0 Å². The van der Waals surface area contributed by atoms with Gasteiger partial charge in [0.2, 0.25) is 11.8 Å². The number of imidazole rings is 1. The number of rotatable bonds is 4. The maximum Gasteiger partial charge on any atom is 0.228 e. The standard InChI is InChI=1S/C20H23FN4O2/c21-16-3-1-2-4-17(16)25-13-15(12-19(25)26)20(27)24-9-5-14(6-10-24)11-18-22-7-8-23-18/h1-4,7-8,14-15H,5-6,9-13H2,(H,22,23). The summed E-state index contributed by atoms with van der Waals surface area (Å²) in [5, 5.41) is 0. The van der Waals surface area contributed by atoms with Crippen LogP contribution in [0.3, 0.4) is 0 Å². The number of aromatic nitrogens is 2. The van der Waals surface area contributed by atoms with Gasteiger partial charge in [-0.1, -0.05) is 12.1 Å². The van der Waals surface area contributed by atoms with Gasteiger partial charge in [0.15, 0.2) is 0 Å². The minimum absolute atomic E-state index is 0.0126. The van der Waals surface area contributed by atoms with Crippen LogP contribution in [0.4, 0.5) is 10.1 Å². The van der Waals surface area contributed by atoms with Gasteiger partial charge in [0, 0.05) is 44.9 Å². The summed E-state index contributed by atoms with van der Waals surface area (Å²) < 4.78 is 14.0. The average molecular weight is 370 g/mol. The Morgan fingerprint density at radius 3 is 2.74 bits per heavy atom. The molecular weight excluding hydrogens is 347 g/mol. The van der Waals surface area contributed by atoms with Crippen LogP contribution in [0.25, 0.3) is 0 Å². The lowest BCUT2D eigenvalue weighted by atomic mass is 9.92. The number of carbonyl (C=O) groups is 2. The van der Waals surface area contributed by atoms with Crippen molar-refractivity contribution in [3.8, 4) is 0 Å². The molecule has 142 valence electrons. The van der Waals surface area contributed by atoms with E-state index in [0.717, 1.165) is 25.1 Å². The average Bonchev–Trinajstić information content (AvgIpc) is 3.32. The van der Waals surface area contributed by atoms with Crippen LogP contribution in [0.2, 0.25) is 0 Å². The molecule has 0 spiro atoms. The highest BCUT2D eigenvalue weighted by Crippen LogP contribution is 2.29. The number of halogens is 1. The zero-order valence-corrected chi connectivity index (χ0v) is 15.1. The second-order valence-corrected chi connectivity index (χ2v) is 7.37. The molecular formula is C20H23FN4O2. The van der Waals surface area contributed by atoms with E-state index < -0.39 is 11.7 Å². The van der Waals surface area contributed by atoms with Crippen LogP contribution >= 0.6 is 0 Å². The molecule has 2 saturated heterocycles. The van der Waals surface area contributed by atoms with E-state index in [-0.39, 0.29) is 30.5 Å². The minimum Gasteiger partial charge on any atom is -0.349 e. The lowest BCUT2D eigenvalue weighted by Gasteiger charge is -2.33. The highest BCUT2D eigenvalue weighted by atomic mass is 19.1. The number of para-hydroxylation sites is 1. The third-order valence-corrected chi connectivity index (χ3v) is 5.58. The van der Waals surface area contributed by atoms with Gasteiger partial charge in [-0.3, -0.25) is 9.59 Å². The number of benzene rings is 1. The van der Waals surface area contributed by atoms with Crippen LogP contribution in [0, 0.1) is 17.7 Å². The number of anilines is 1. The van der Waals surface area contributed by atoms with Crippen molar-refractivity contribution in [2.24, 2.45) is 11.8 Å². The fourth-order valence-corrected chi connectivity index (χ4v) is 4.08. The Hall–Kier alpha value is -2.70. The van der Waals surface area contributed by atoms with Gasteiger partial charge < -0.3 is 14.8 Å². The summed E-state index contributed by atoms with van der Waals surface area (Å²) in [6.45, 7) is 1.66. The van der Waals surface area contributed by atoms with Crippen LogP contribution in [-0.4, -0.2) is 46.3 Å². The number of H-pyrrole nitrogens is 1. The minimum atomic E-state index is -0.433. The molecule has 2 aliphatic heterocycles. The molecule has 2 fully saturated rings. The largest absolute Gasteiger partial charge is 0.349 e. The van der Waals surface area contributed by atoms with Crippen molar-refractivity contribution in [1.29, 1.82) is 0 Å². The third-order valence-electron chi connectivity index (χ3n) is 5.58. The third kappa shape index (κ3) is 3.72. The molecule has 1 unspecified atom stereocenters. The SMILES string of the molecule is O=C(C1CC(=O)N(c2ccccc2F)C1)N1CCC(Cc2ncc[nH]2)CC1. The summed E-state index contributed by atoms with van der Waals surface area (Å²) in [6.07, 6.45) is 6.50. The second kappa shape index (κ2) is 7.50. The Morgan fingerprint density at radius 2 is 2.04 bits per heavy atom. The van der Waals surface area contributed by atoms with Crippen molar-refractivity contribution in [3.05, 3.63) is 48.3 Å². The first kappa shape index (κ1) is 17.7. The summed E-state index contributed by atoms with van der Waals surface area (Å²) in [6, 6.07) is 6.21. The molecule has 1 aromatic carbocycles. The zero-order chi connectivity index (χ0) is 18.8. The number of amides is 2. The van der Waals surface area contributed by atoms with Crippen LogP contribution < -0.4 is 4.90 Å². The molecule has 27 heavy (non-hydrogen) atoms. The van der Waals surface area contributed by atoms with Crippen molar-refractivity contribution >= 4 is 17.5 Å². The molecule has 0 radical (unpaired) electrons. The number of nitrogens with one attached hydrogen (secondary N) is 1. The number of piperidine rings is 1. The van der Waals surface area contributed by atoms with E-state index in [1.165, 1.54) is 11.0 Å². The Kier molecular flexibility index (Phi) is 4.92. The maximum atomic E-state index is 14.0. The summed E-state index contributed by atoms with van der Waals surface area (Å²) in [7, 11) is 0. The van der Waals surface area contributed by atoms with Crippen molar-refractivity contribution in [2.45, 2.75) is 25.7 Å². The highest BCUT2D eigenvalue weighted by Gasteiger charge is 2.38. The fraction of sp³-hybridized carbons (Fsp3) is 0.450. The van der Waals surface area contributed by atoms with Crippen LogP contribution in [0.5, 0.6) is 0 Å². The number of likely N-dealkylation sites (tertiary alicyclic amines) is 1. The van der Waals surface area contributed by atoms with Gasteiger partial charge in [0.1, 0.15) is 11.6 Å². The molecule has 2 aliphatic rings. The Labute approximate surface area is 157 Å². The Bertz CT molecular complexity index is 815. The second-order valence-electron chi connectivity index (χ2n) is 7.37. The van der Waals surface area contributed by atoms with Gasteiger partial charge in [-0.15, -0.1) is 0 Å². The van der Waals surface area contributed by atoms with Crippen molar-refractivity contribution < 1.29 is 14.0 Å². The smallest absolute Gasteiger partial charge is 0.228 e. The molecule has 1 N–H and O–H groups in total. The molecule has 2 amide bonds. The number of carbonyl (C=O) groups excluding carboxylic acids is 2. The first-order chi connectivity index (χ1) is 13.1. The zero-order valence-electron chi connectivity index (χ0n) is 15.1. The summed E-state index contributed by atoms with van der Waals surface area (Å²) in [5.41, 5.74) is 0.259. The monoisotopic (exact) mass is 370 g/mol. The quantitative estimate of drug-likeness (QED) is 0.898. The first-order valence-corrected chi connectivity index (χ1v) is 9.43. The van der Waals surface area contributed by atoms with Gasteiger partial charge >= 0.3 is 0 Å². The summed E-state index contributed by atoms with van der Waals surface area (Å²) >= 11 is 0. The topological polar surface area (TPSA) is 69.3 Å². The first-order valence-electron chi connectivity index (χ1n) is 9.43. The van der Waals surface area contributed by atoms with Crippen molar-refractivity contribution in [1.82, 2.24) is 14.9 Å². The fourth-order valence-electron chi connectivity index (χ4n) is 4.08. The Morgan fingerprint density at radius 1 is 1.26 bits per heavy atom. The van der Waals surface area contributed by atoms with Crippen LogP contribution in [-0.2, 0) is 16.0 Å². The van der Waals surface area contributed by atoms with Crippen molar-refractivity contribution in [3.63, 3.8) is 0 Å². The van der Waals surface area contributed by atoms with E-state index in [4.69, 9.17) is 0 Å². The van der Waals surface area contributed by atoms with Crippen LogP contribution in [0.1, 0.15) is 25.1 Å². The van der Waals surface area contributed by atoms with Gasteiger partial charge in [0.05, 0.1) is 11.6 Å². The van der Waals surface area contributed by atoms with Crippen LogP contribution in [0.15, 0.2) is 36.7 Å². The predicted molar refractivity (Wildman–Crippen MR) is 98.5 cm³/mol. The van der Waals surface area contributed by atoms with Gasteiger partial charge in [-0.2, -0.15) is 0 Å². The molecule has 4 rings (SSSR count). The van der Waals surface area contributed by atoms with Gasteiger partial charge in [-0.25, -0.2) is 9.37 Å². The maximum absolute atomic E-state index is 14.0. The number of nitrogens with zero attached hydrogens (tertiary/aromatic N) is 3. The van der Waals surface area contributed by atoms with E-state index in [1.54, 1.807) is 24.4 Å². The van der Waals surface area contributed by atoms with E-state index >= 15 is 0 Å². The lowest BCUT2D eigenvalue weighted by Crippen LogP contribution is -2.42. The number of aromatic amines is 1. The molecule has 0 bridgehead atoms. The summed E-state index contributed by atoms with van der Waals surface area (Å²) in [5.74, 6) is 0.503. The molecule has 3 heterocycles. The Balaban J connectivity index is 1.34. The predicted octanol–water partition coefficient (Wildman–Crippen LogP) is 2.38. The molecule has 7 heteroatoms. The van der Waals surface area contributed by atoms with E-state index in [2.05, 4.69) is 9.97 Å². The molecule has 6 nitrogen and oxygen atoms in total. The molecule has 2 aromatic rings. The van der Waals surface area contributed by atoms with E-state index in [1.807, 2.05) is 11.1 Å². The molecule has 0 aliphatic carbocycles. The number of hydrogen-bond acceptors (Lipinski definition) is 3. The van der Waals surface area contributed by atoms with E-state index in [0.29, 0.717) is 19.0 Å². The van der Waals surface area contributed by atoms with Gasteiger partial charge in [0.25, 0.3) is 0 Å². The lowest BCUT2D eigenvalue weighted by molar-refractivity contribution is -0.137.